The van der Waals surface area contributed by atoms with E-state index < -0.39 is 11.5 Å². The van der Waals surface area contributed by atoms with E-state index in [0.29, 0.717) is 6.54 Å². The van der Waals surface area contributed by atoms with Crippen molar-refractivity contribution in [1.82, 2.24) is 4.90 Å². The fraction of sp³-hybridized carbons (Fsp3) is 0.412. The zero-order valence-corrected chi connectivity index (χ0v) is 12.5. The molecular formula is C17H21NO3. The van der Waals surface area contributed by atoms with Crippen LogP contribution in [0.25, 0.3) is 0 Å². The molecule has 0 bridgehead atoms. The molecule has 0 radical (unpaired) electrons. The van der Waals surface area contributed by atoms with Crippen molar-refractivity contribution in [1.29, 1.82) is 0 Å². The zero-order valence-electron chi connectivity index (χ0n) is 12.5. The zero-order chi connectivity index (χ0) is 15.3. The Balaban J connectivity index is 2.31. The van der Waals surface area contributed by atoms with E-state index in [0.717, 1.165) is 24.7 Å². The molecule has 1 aromatic rings. The van der Waals surface area contributed by atoms with E-state index in [1.165, 1.54) is 7.11 Å². The van der Waals surface area contributed by atoms with Crippen molar-refractivity contribution in [2.75, 3.05) is 7.11 Å². The lowest BCUT2D eigenvalue weighted by atomic mass is 9.75. The van der Waals surface area contributed by atoms with E-state index in [1.54, 1.807) is 4.90 Å². The van der Waals surface area contributed by atoms with Crippen molar-refractivity contribution in [3.8, 4) is 0 Å². The van der Waals surface area contributed by atoms with Gasteiger partial charge in [0.2, 0.25) is 0 Å². The maximum atomic E-state index is 12.2. The van der Waals surface area contributed by atoms with Crippen molar-refractivity contribution in [3.05, 3.63) is 48.0 Å². The first-order chi connectivity index (χ1) is 10.1. The minimum atomic E-state index is -0.572. The Labute approximate surface area is 125 Å². The van der Waals surface area contributed by atoms with E-state index in [-0.39, 0.29) is 6.04 Å². The first-order valence-electron chi connectivity index (χ1n) is 7.12. The van der Waals surface area contributed by atoms with Gasteiger partial charge in [0.05, 0.1) is 13.2 Å². The average molecular weight is 287 g/mol. The summed E-state index contributed by atoms with van der Waals surface area (Å²) < 4.78 is 4.91. The summed E-state index contributed by atoms with van der Waals surface area (Å²) in [6.45, 7) is 2.32. The van der Waals surface area contributed by atoms with Gasteiger partial charge in [0.1, 0.15) is 6.29 Å². The van der Waals surface area contributed by atoms with Crippen LogP contribution in [0.4, 0.5) is 4.79 Å². The summed E-state index contributed by atoms with van der Waals surface area (Å²) in [5.41, 5.74) is 0.438. The SMILES string of the molecule is COC(=O)N(Cc1ccccc1)[C@H]1C=CCC[C@@]1(C)C=O. The maximum absolute atomic E-state index is 12.2. The number of amides is 1. The summed E-state index contributed by atoms with van der Waals surface area (Å²) in [6, 6.07) is 9.43. The molecule has 0 saturated carbocycles. The highest BCUT2D eigenvalue weighted by molar-refractivity contribution is 5.71. The Morgan fingerprint density at radius 2 is 2.14 bits per heavy atom. The van der Waals surface area contributed by atoms with Crippen molar-refractivity contribution in [3.63, 3.8) is 0 Å². The fourth-order valence-electron chi connectivity index (χ4n) is 2.75. The molecular weight excluding hydrogens is 266 g/mol. The highest BCUT2D eigenvalue weighted by atomic mass is 16.5. The van der Waals surface area contributed by atoms with Gasteiger partial charge in [-0.25, -0.2) is 4.79 Å². The van der Waals surface area contributed by atoms with E-state index in [4.69, 9.17) is 4.74 Å². The van der Waals surface area contributed by atoms with E-state index in [2.05, 4.69) is 0 Å². The second-order valence-electron chi connectivity index (χ2n) is 5.62. The van der Waals surface area contributed by atoms with Gasteiger partial charge >= 0.3 is 6.09 Å². The molecule has 1 amide bonds. The molecule has 0 heterocycles. The second kappa shape index (κ2) is 6.57. The Bertz CT molecular complexity index is 526. The van der Waals surface area contributed by atoms with Crippen LogP contribution in [0, 0.1) is 5.41 Å². The second-order valence-corrected chi connectivity index (χ2v) is 5.62. The molecule has 4 nitrogen and oxygen atoms in total. The molecule has 0 aromatic heterocycles. The average Bonchev–Trinajstić information content (AvgIpc) is 2.53. The molecule has 0 fully saturated rings. The minimum absolute atomic E-state index is 0.281. The van der Waals surface area contributed by atoms with E-state index in [1.807, 2.05) is 49.4 Å². The van der Waals surface area contributed by atoms with Crippen molar-refractivity contribution in [2.24, 2.45) is 5.41 Å². The third kappa shape index (κ3) is 3.32. The van der Waals surface area contributed by atoms with Gasteiger partial charge in [0.25, 0.3) is 0 Å². The summed E-state index contributed by atoms with van der Waals surface area (Å²) in [4.78, 5) is 25.3. The van der Waals surface area contributed by atoms with Crippen molar-refractivity contribution in [2.45, 2.75) is 32.4 Å². The number of methoxy groups -OCH3 is 1. The van der Waals surface area contributed by atoms with Crippen molar-refractivity contribution >= 4 is 12.4 Å². The van der Waals surface area contributed by atoms with Gasteiger partial charge < -0.3 is 9.53 Å². The predicted octanol–water partition coefficient (Wildman–Crippen LogP) is 3.18. The van der Waals surface area contributed by atoms with Crippen LogP contribution in [-0.2, 0) is 16.1 Å². The Morgan fingerprint density at radius 3 is 2.76 bits per heavy atom. The standard InChI is InChI=1S/C17H21NO3/c1-17(13-19)11-7-6-10-15(17)18(16(20)21-2)12-14-8-4-3-5-9-14/h3-6,8-10,13,15H,7,11-12H2,1-2H3/t15-,17-/m0/s1. The summed E-state index contributed by atoms with van der Waals surface area (Å²) in [5, 5.41) is 0. The first kappa shape index (κ1) is 15.3. The summed E-state index contributed by atoms with van der Waals surface area (Å²) >= 11 is 0. The smallest absolute Gasteiger partial charge is 0.410 e. The highest BCUT2D eigenvalue weighted by Crippen LogP contribution is 2.34. The van der Waals surface area contributed by atoms with Gasteiger partial charge in [0.15, 0.2) is 0 Å². The number of aldehydes is 1. The van der Waals surface area contributed by atoms with E-state index >= 15 is 0 Å². The number of ether oxygens (including phenoxy) is 1. The number of hydrogen-bond acceptors (Lipinski definition) is 3. The normalized spacial score (nSPS) is 24.4. The lowest BCUT2D eigenvalue weighted by Crippen LogP contribution is -2.49. The summed E-state index contributed by atoms with van der Waals surface area (Å²) in [6.07, 6.45) is 6.10. The van der Waals surface area contributed by atoms with Crippen LogP contribution in [0.15, 0.2) is 42.5 Å². The number of nitrogens with zero attached hydrogens (tertiary/aromatic N) is 1. The van der Waals surface area contributed by atoms with Gasteiger partial charge in [-0.1, -0.05) is 49.4 Å². The minimum Gasteiger partial charge on any atom is -0.453 e. The maximum Gasteiger partial charge on any atom is 0.410 e. The molecule has 1 aliphatic rings. The molecule has 1 aliphatic carbocycles. The molecule has 0 saturated heterocycles. The molecule has 21 heavy (non-hydrogen) atoms. The largest absolute Gasteiger partial charge is 0.453 e. The van der Waals surface area contributed by atoms with Gasteiger partial charge in [-0.15, -0.1) is 0 Å². The fourth-order valence-corrected chi connectivity index (χ4v) is 2.75. The number of benzene rings is 1. The molecule has 0 aliphatic heterocycles. The molecule has 4 heteroatoms. The van der Waals surface area contributed by atoms with Crippen LogP contribution >= 0.6 is 0 Å². The van der Waals surface area contributed by atoms with E-state index in [9.17, 15) is 9.59 Å². The van der Waals surface area contributed by atoms with Gasteiger partial charge in [0, 0.05) is 12.0 Å². The molecule has 1 aromatic carbocycles. The first-order valence-corrected chi connectivity index (χ1v) is 7.12. The highest BCUT2D eigenvalue weighted by Gasteiger charge is 2.40. The van der Waals surface area contributed by atoms with Crippen LogP contribution in [-0.4, -0.2) is 30.4 Å². The number of carbonyl (C=O) groups is 2. The molecule has 2 rings (SSSR count). The molecule has 0 spiro atoms. The van der Waals surface area contributed by atoms with Gasteiger partial charge in [-0.2, -0.15) is 0 Å². The number of hydrogen-bond donors (Lipinski definition) is 0. The van der Waals surface area contributed by atoms with Crippen LogP contribution in [0.2, 0.25) is 0 Å². The quantitative estimate of drug-likeness (QED) is 0.631. The third-order valence-electron chi connectivity index (χ3n) is 4.05. The Hall–Kier alpha value is -2.10. The molecule has 0 N–H and O–H groups in total. The van der Waals surface area contributed by atoms with Gasteiger partial charge in [-0.05, 0) is 18.4 Å². The predicted molar refractivity (Wildman–Crippen MR) is 80.7 cm³/mol. The third-order valence-corrected chi connectivity index (χ3v) is 4.05. The van der Waals surface area contributed by atoms with Crippen LogP contribution < -0.4 is 0 Å². The number of carbonyl (C=O) groups excluding carboxylic acids is 2. The Kier molecular flexibility index (Phi) is 4.78. The Morgan fingerprint density at radius 1 is 1.43 bits per heavy atom. The van der Waals surface area contributed by atoms with Gasteiger partial charge in [-0.3, -0.25) is 4.90 Å². The summed E-state index contributed by atoms with van der Waals surface area (Å²) in [5.74, 6) is 0. The number of rotatable bonds is 4. The lowest BCUT2D eigenvalue weighted by molar-refractivity contribution is -0.118. The molecule has 2 atom stereocenters. The topological polar surface area (TPSA) is 46.6 Å². The molecule has 112 valence electrons. The van der Waals surface area contributed by atoms with Crippen molar-refractivity contribution < 1.29 is 14.3 Å². The lowest BCUT2D eigenvalue weighted by Gasteiger charge is -2.40. The van der Waals surface area contributed by atoms with Crippen LogP contribution in [0.3, 0.4) is 0 Å². The number of allylic oxidation sites excluding steroid dienone is 1. The molecule has 0 unspecified atom stereocenters. The van der Waals surface area contributed by atoms with Crippen LogP contribution in [0.1, 0.15) is 25.3 Å². The monoisotopic (exact) mass is 287 g/mol. The van der Waals surface area contributed by atoms with Crippen LogP contribution in [0.5, 0.6) is 0 Å². The summed E-state index contributed by atoms with van der Waals surface area (Å²) in [7, 11) is 1.37.